The van der Waals surface area contributed by atoms with Gasteiger partial charge in [0.2, 0.25) is 5.91 Å². The summed E-state index contributed by atoms with van der Waals surface area (Å²) in [6.45, 7) is 9.22. The second kappa shape index (κ2) is 6.36. The maximum atomic E-state index is 11.8. The molecule has 4 nitrogen and oxygen atoms in total. The zero-order valence-electron chi connectivity index (χ0n) is 11.3. The Bertz CT molecular complexity index is 246. The van der Waals surface area contributed by atoms with E-state index in [9.17, 15) is 9.90 Å². The summed E-state index contributed by atoms with van der Waals surface area (Å²) in [5.41, 5.74) is -0.377. The Labute approximate surface area is 104 Å². The van der Waals surface area contributed by atoms with Crippen LogP contribution in [-0.4, -0.2) is 47.7 Å². The monoisotopic (exact) mass is 242 g/mol. The zero-order chi connectivity index (χ0) is 12.9. The van der Waals surface area contributed by atoms with Crippen molar-refractivity contribution < 1.29 is 9.90 Å². The molecule has 1 aliphatic heterocycles. The first-order chi connectivity index (χ1) is 8.01. The van der Waals surface area contributed by atoms with E-state index in [4.69, 9.17) is 0 Å². The molecule has 4 heteroatoms. The van der Waals surface area contributed by atoms with Crippen LogP contribution >= 0.6 is 0 Å². The van der Waals surface area contributed by atoms with Gasteiger partial charge in [-0.3, -0.25) is 4.79 Å². The summed E-state index contributed by atoms with van der Waals surface area (Å²) in [5, 5.41) is 12.6. The molecule has 0 unspecified atom stereocenters. The minimum Gasteiger partial charge on any atom is -0.394 e. The number of rotatable bonds is 5. The van der Waals surface area contributed by atoms with E-state index in [-0.39, 0.29) is 18.1 Å². The van der Waals surface area contributed by atoms with Gasteiger partial charge in [-0.15, -0.1) is 0 Å². The summed E-state index contributed by atoms with van der Waals surface area (Å²) in [6, 6.07) is 0. The summed E-state index contributed by atoms with van der Waals surface area (Å²) in [6.07, 6.45) is 2.24. The average molecular weight is 242 g/mol. The number of aliphatic hydroxyl groups is 1. The molecule has 1 amide bonds. The lowest BCUT2D eigenvalue weighted by molar-refractivity contribution is -0.125. The first-order valence-electron chi connectivity index (χ1n) is 6.65. The molecule has 1 aliphatic rings. The van der Waals surface area contributed by atoms with Crippen LogP contribution in [0.2, 0.25) is 0 Å². The Balaban J connectivity index is 2.50. The Morgan fingerprint density at radius 1 is 1.41 bits per heavy atom. The maximum absolute atomic E-state index is 11.8. The fourth-order valence-corrected chi connectivity index (χ4v) is 2.34. The van der Waals surface area contributed by atoms with Gasteiger partial charge in [-0.25, -0.2) is 0 Å². The number of carbonyl (C=O) groups excluding carboxylic acids is 1. The number of carbonyl (C=O) groups is 1. The van der Waals surface area contributed by atoms with Gasteiger partial charge < -0.3 is 15.3 Å². The summed E-state index contributed by atoms with van der Waals surface area (Å²) in [7, 11) is 0. The highest BCUT2D eigenvalue weighted by molar-refractivity contribution is 5.77. The molecule has 0 radical (unpaired) electrons. The van der Waals surface area contributed by atoms with E-state index in [0.717, 1.165) is 32.5 Å². The normalized spacial score (nSPS) is 20.5. The molecule has 1 fully saturated rings. The average Bonchev–Trinajstić information content (AvgIpc) is 2.29. The van der Waals surface area contributed by atoms with E-state index < -0.39 is 0 Å². The Kier molecular flexibility index (Phi) is 5.40. The lowest BCUT2D eigenvalue weighted by Crippen LogP contribution is -2.57. The van der Waals surface area contributed by atoms with Crippen LogP contribution in [0.5, 0.6) is 0 Å². The van der Waals surface area contributed by atoms with Gasteiger partial charge in [0.15, 0.2) is 0 Å². The van der Waals surface area contributed by atoms with E-state index in [1.165, 1.54) is 0 Å². The molecule has 0 bridgehead atoms. The molecule has 1 rings (SSSR count). The molecule has 0 spiro atoms. The van der Waals surface area contributed by atoms with Crippen LogP contribution in [0.3, 0.4) is 0 Å². The minimum absolute atomic E-state index is 0.0500. The Hall–Kier alpha value is -0.610. The van der Waals surface area contributed by atoms with Crippen molar-refractivity contribution in [3.8, 4) is 0 Å². The summed E-state index contributed by atoms with van der Waals surface area (Å²) in [5.74, 6) is 0.431. The van der Waals surface area contributed by atoms with Gasteiger partial charge in [0.05, 0.1) is 12.1 Å². The molecule has 0 aromatic carbocycles. The minimum atomic E-state index is -0.377. The standard InChI is InChI=1S/C13H26N2O2/c1-4-15-7-5-13(10-16,6-8-15)14-12(17)9-11(2)3/h11,16H,4-10H2,1-3H3,(H,14,17). The lowest BCUT2D eigenvalue weighted by atomic mass is 9.88. The third-order valence-corrected chi connectivity index (χ3v) is 3.56. The summed E-state index contributed by atoms with van der Waals surface area (Å²) >= 11 is 0. The number of hydrogen-bond donors (Lipinski definition) is 2. The number of nitrogens with zero attached hydrogens (tertiary/aromatic N) is 1. The van der Waals surface area contributed by atoms with E-state index in [1.807, 2.05) is 13.8 Å². The second-order valence-corrected chi connectivity index (χ2v) is 5.52. The molecule has 17 heavy (non-hydrogen) atoms. The Morgan fingerprint density at radius 2 is 2.00 bits per heavy atom. The molecule has 1 heterocycles. The van der Waals surface area contributed by atoms with Crippen molar-refractivity contribution in [3.05, 3.63) is 0 Å². The van der Waals surface area contributed by atoms with Crippen LogP contribution in [0.25, 0.3) is 0 Å². The molecule has 1 saturated heterocycles. The van der Waals surface area contributed by atoms with Crippen LogP contribution in [0.15, 0.2) is 0 Å². The highest BCUT2D eigenvalue weighted by atomic mass is 16.3. The highest BCUT2D eigenvalue weighted by Gasteiger charge is 2.34. The third-order valence-electron chi connectivity index (χ3n) is 3.56. The van der Waals surface area contributed by atoms with Gasteiger partial charge in [-0.2, -0.15) is 0 Å². The van der Waals surface area contributed by atoms with Gasteiger partial charge >= 0.3 is 0 Å². The van der Waals surface area contributed by atoms with Crippen LogP contribution < -0.4 is 5.32 Å². The van der Waals surface area contributed by atoms with Crippen molar-refractivity contribution in [1.29, 1.82) is 0 Å². The first kappa shape index (κ1) is 14.5. The third kappa shape index (κ3) is 4.28. The predicted octanol–water partition coefficient (Wildman–Crippen LogP) is 0.995. The van der Waals surface area contributed by atoms with Gasteiger partial charge in [0.1, 0.15) is 0 Å². The largest absolute Gasteiger partial charge is 0.394 e. The SMILES string of the molecule is CCN1CCC(CO)(NC(=O)CC(C)C)CC1. The molecular weight excluding hydrogens is 216 g/mol. The lowest BCUT2D eigenvalue weighted by Gasteiger charge is -2.41. The van der Waals surface area contributed by atoms with Crippen molar-refractivity contribution in [1.82, 2.24) is 10.2 Å². The van der Waals surface area contributed by atoms with Crippen molar-refractivity contribution in [2.24, 2.45) is 5.92 Å². The number of amides is 1. The van der Waals surface area contributed by atoms with Gasteiger partial charge in [0, 0.05) is 19.5 Å². The number of likely N-dealkylation sites (tertiary alicyclic amines) is 1. The molecule has 0 aliphatic carbocycles. The van der Waals surface area contributed by atoms with Crippen LogP contribution in [0.4, 0.5) is 0 Å². The predicted molar refractivity (Wildman–Crippen MR) is 68.8 cm³/mol. The van der Waals surface area contributed by atoms with Gasteiger partial charge in [-0.05, 0) is 25.3 Å². The van der Waals surface area contributed by atoms with Crippen LogP contribution in [0.1, 0.15) is 40.0 Å². The number of nitrogens with one attached hydrogen (secondary N) is 1. The number of piperidine rings is 1. The molecule has 100 valence electrons. The molecule has 0 atom stereocenters. The smallest absolute Gasteiger partial charge is 0.220 e. The van der Waals surface area contributed by atoms with E-state index in [2.05, 4.69) is 17.1 Å². The zero-order valence-corrected chi connectivity index (χ0v) is 11.3. The van der Waals surface area contributed by atoms with Crippen molar-refractivity contribution >= 4 is 5.91 Å². The second-order valence-electron chi connectivity index (χ2n) is 5.52. The van der Waals surface area contributed by atoms with Gasteiger partial charge in [-0.1, -0.05) is 20.8 Å². The fourth-order valence-electron chi connectivity index (χ4n) is 2.34. The van der Waals surface area contributed by atoms with E-state index in [1.54, 1.807) is 0 Å². The number of hydrogen-bond acceptors (Lipinski definition) is 3. The molecule has 2 N–H and O–H groups in total. The van der Waals surface area contributed by atoms with Crippen LogP contribution in [-0.2, 0) is 4.79 Å². The first-order valence-corrected chi connectivity index (χ1v) is 6.65. The van der Waals surface area contributed by atoms with E-state index in [0.29, 0.717) is 12.3 Å². The van der Waals surface area contributed by atoms with E-state index >= 15 is 0 Å². The van der Waals surface area contributed by atoms with Crippen molar-refractivity contribution in [3.63, 3.8) is 0 Å². The topological polar surface area (TPSA) is 52.6 Å². The number of aliphatic hydroxyl groups excluding tert-OH is 1. The molecule has 0 saturated carbocycles. The van der Waals surface area contributed by atoms with Crippen molar-refractivity contribution in [2.45, 2.75) is 45.6 Å². The van der Waals surface area contributed by atoms with Crippen LogP contribution in [0, 0.1) is 5.92 Å². The summed E-state index contributed by atoms with van der Waals surface area (Å²) < 4.78 is 0. The van der Waals surface area contributed by atoms with Gasteiger partial charge in [0.25, 0.3) is 0 Å². The fraction of sp³-hybridized carbons (Fsp3) is 0.923. The highest BCUT2D eigenvalue weighted by Crippen LogP contribution is 2.22. The Morgan fingerprint density at radius 3 is 2.41 bits per heavy atom. The maximum Gasteiger partial charge on any atom is 0.220 e. The molecule has 0 aromatic rings. The molecular formula is C13H26N2O2. The quantitative estimate of drug-likeness (QED) is 0.756. The summed E-state index contributed by atoms with van der Waals surface area (Å²) in [4.78, 5) is 14.2. The van der Waals surface area contributed by atoms with Crippen molar-refractivity contribution in [2.75, 3.05) is 26.2 Å². The molecule has 0 aromatic heterocycles.